The van der Waals surface area contributed by atoms with Crippen LogP contribution in [0.1, 0.15) is 19.3 Å². The Hall–Kier alpha value is -1.62. The van der Waals surface area contributed by atoms with Crippen molar-refractivity contribution in [1.82, 2.24) is 10.2 Å². The van der Waals surface area contributed by atoms with Gasteiger partial charge >= 0.3 is 0 Å². The first-order valence-corrected chi connectivity index (χ1v) is 7.18. The van der Waals surface area contributed by atoms with Gasteiger partial charge in [-0.15, -0.1) is 0 Å². The van der Waals surface area contributed by atoms with Gasteiger partial charge in [0.1, 0.15) is 0 Å². The molecule has 2 aliphatic heterocycles. The van der Waals surface area contributed by atoms with E-state index in [9.17, 15) is 9.18 Å². The number of piperidine rings is 1. The number of amides is 1. The van der Waals surface area contributed by atoms with E-state index in [1.54, 1.807) is 18.2 Å². The number of likely N-dealkylation sites (tertiary alicyclic amines) is 1. The van der Waals surface area contributed by atoms with Crippen molar-refractivity contribution in [3.05, 3.63) is 30.1 Å². The third-order valence-electron chi connectivity index (χ3n) is 4.05. The second-order valence-electron chi connectivity index (χ2n) is 5.34. The molecule has 0 radical (unpaired) electrons. The van der Waals surface area contributed by atoms with Gasteiger partial charge in [0.25, 0.3) is 5.91 Å². The van der Waals surface area contributed by atoms with E-state index in [0.717, 1.165) is 25.9 Å². The van der Waals surface area contributed by atoms with Crippen LogP contribution in [0, 0.1) is 5.82 Å². The first kappa shape index (κ1) is 13.4. The first-order chi connectivity index (χ1) is 9.75. The van der Waals surface area contributed by atoms with Crippen molar-refractivity contribution >= 4 is 5.91 Å². The van der Waals surface area contributed by atoms with Crippen LogP contribution in [-0.4, -0.2) is 42.6 Å². The lowest BCUT2D eigenvalue weighted by Crippen LogP contribution is -2.45. The summed E-state index contributed by atoms with van der Waals surface area (Å²) in [4.78, 5) is 14.3. The maximum atomic E-state index is 13.6. The number of rotatable bonds is 3. The van der Waals surface area contributed by atoms with Crippen molar-refractivity contribution in [2.75, 3.05) is 19.6 Å². The quantitative estimate of drug-likeness (QED) is 0.912. The van der Waals surface area contributed by atoms with Gasteiger partial charge < -0.3 is 15.0 Å². The number of ether oxygens (including phenoxy) is 1. The highest BCUT2D eigenvalue weighted by Gasteiger charge is 2.37. The van der Waals surface area contributed by atoms with Crippen LogP contribution in [0.4, 0.5) is 4.39 Å². The summed E-state index contributed by atoms with van der Waals surface area (Å²) in [7, 11) is 0. The number of hydrogen-bond donors (Lipinski definition) is 1. The molecule has 0 aromatic heterocycles. The molecular formula is C15H19FN2O2. The van der Waals surface area contributed by atoms with E-state index in [0.29, 0.717) is 19.0 Å². The molecule has 0 bridgehead atoms. The highest BCUT2D eigenvalue weighted by molar-refractivity contribution is 5.83. The molecule has 108 valence electrons. The number of halogens is 1. The number of hydrogen-bond acceptors (Lipinski definition) is 3. The summed E-state index contributed by atoms with van der Waals surface area (Å²) in [5, 5.41) is 3.29. The summed E-state index contributed by atoms with van der Waals surface area (Å²) in [5.74, 6) is -0.251. The average molecular weight is 278 g/mol. The number of nitrogens with one attached hydrogen (secondary N) is 1. The van der Waals surface area contributed by atoms with Gasteiger partial charge in [-0.2, -0.15) is 0 Å². The lowest BCUT2D eigenvalue weighted by atomic mass is 10.1. The van der Waals surface area contributed by atoms with E-state index in [1.807, 2.05) is 4.90 Å². The van der Waals surface area contributed by atoms with E-state index in [2.05, 4.69) is 5.32 Å². The highest BCUT2D eigenvalue weighted by atomic mass is 19.1. The zero-order valence-electron chi connectivity index (χ0n) is 11.3. The Morgan fingerprint density at radius 1 is 1.20 bits per heavy atom. The summed E-state index contributed by atoms with van der Waals surface area (Å²) >= 11 is 0. The fourth-order valence-corrected chi connectivity index (χ4v) is 2.96. The van der Waals surface area contributed by atoms with Gasteiger partial charge in [0.2, 0.25) is 0 Å². The zero-order chi connectivity index (χ0) is 13.9. The van der Waals surface area contributed by atoms with E-state index >= 15 is 0 Å². The third-order valence-corrected chi connectivity index (χ3v) is 4.05. The molecule has 1 aromatic rings. The van der Waals surface area contributed by atoms with Gasteiger partial charge in [-0.3, -0.25) is 4.79 Å². The summed E-state index contributed by atoms with van der Waals surface area (Å²) in [6, 6.07) is 6.54. The molecule has 2 saturated heterocycles. The van der Waals surface area contributed by atoms with Gasteiger partial charge in [-0.05, 0) is 38.1 Å². The predicted molar refractivity (Wildman–Crippen MR) is 73.0 cm³/mol. The zero-order valence-corrected chi connectivity index (χ0v) is 11.3. The Labute approximate surface area is 117 Å². The number of benzene rings is 1. The smallest absolute Gasteiger partial charge is 0.263 e. The second kappa shape index (κ2) is 5.79. The molecule has 5 heteroatoms. The SMILES string of the molecule is O=C1[C@@H](Oc2ccccc2F)CCN1C1CCNCC1. The highest BCUT2D eigenvalue weighted by Crippen LogP contribution is 2.25. The van der Waals surface area contributed by atoms with Crippen LogP contribution in [0.3, 0.4) is 0 Å². The molecule has 1 amide bonds. The lowest BCUT2D eigenvalue weighted by Gasteiger charge is -2.31. The predicted octanol–water partition coefficient (Wildman–Crippen LogP) is 1.56. The van der Waals surface area contributed by atoms with Crippen molar-refractivity contribution in [2.45, 2.75) is 31.4 Å². The minimum Gasteiger partial charge on any atom is -0.477 e. The lowest BCUT2D eigenvalue weighted by molar-refractivity contribution is -0.135. The Morgan fingerprint density at radius 2 is 1.95 bits per heavy atom. The van der Waals surface area contributed by atoms with Gasteiger partial charge in [0.15, 0.2) is 17.7 Å². The topological polar surface area (TPSA) is 41.6 Å². The Morgan fingerprint density at radius 3 is 2.70 bits per heavy atom. The fraction of sp³-hybridized carbons (Fsp3) is 0.533. The van der Waals surface area contributed by atoms with Crippen LogP contribution in [0.5, 0.6) is 5.75 Å². The van der Waals surface area contributed by atoms with Gasteiger partial charge in [-0.1, -0.05) is 12.1 Å². The van der Waals surface area contributed by atoms with Crippen molar-refractivity contribution in [3.8, 4) is 5.75 Å². The number of nitrogens with zero attached hydrogens (tertiary/aromatic N) is 1. The molecule has 0 aliphatic carbocycles. The molecule has 1 atom stereocenters. The van der Waals surface area contributed by atoms with Gasteiger partial charge in [-0.25, -0.2) is 4.39 Å². The monoisotopic (exact) mass is 278 g/mol. The third kappa shape index (κ3) is 2.63. The minimum atomic E-state index is -0.540. The van der Waals surface area contributed by atoms with Gasteiger partial charge in [0.05, 0.1) is 0 Å². The van der Waals surface area contributed by atoms with Crippen LogP contribution in [0.2, 0.25) is 0 Å². The standard InChI is InChI=1S/C15H19FN2O2/c16-12-3-1-2-4-13(12)20-14-7-10-18(15(14)19)11-5-8-17-9-6-11/h1-4,11,14,17H,5-10H2/t14-/m0/s1. The summed E-state index contributed by atoms with van der Waals surface area (Å²) in [6.07, 6.45) is 2.06. The average Bonchev–Trinajstić information content (AvgIpc) is 2.84. The van der Waals surface area contributed by atoms with Crippen molar-refractivity contribution in [1.29, 1.82) is 0 Å². The molecule has 0 unspecified atom stereocenters. The van der Waals surface area contributed by atoms with Crippen molar-refractivity contribution < 1.29 is 13.9 Å². The fourth-order valence-electron chi connectivity index (χ4n) is 2.96. The van der Waals surface area contributed by atoms with Crippen molar-refractivity contribution in [3.63, 3.8) is 0 Å². The number of carbonyl (C=O) groups is 1. The molecule has 0 spiro atoms. The number of para-hydroxylation sites is 1. The molecular weight excluding hydrogens is 259 g/mol. The maximum absolute atomic E-state index is 13.6. The summed E-state index contributed by atoms with van der Waals surface area (Å²) in [6.45, 7) is 2.61. The molecule has 1 N–H and O–H groups in total. The van der Waals surface area contributed by atoms with E-state index in [1.165, 1.54) is 6.07 Å². The number of carbonyl (C=O) groups excluding carboxylic acids is 1. The normalized spacial score (nSPS) is 24.1. The van der Waals surface area contributed by atoms with Crippen LogP contribution in [-0.2, 0) is 4.79 Å². The molecule has 2 heterocycles. The van der Waals surface area contributed by atoms with Crippen LogP contribution in [0.25, 0.3) is 0 Å². The first-order valence-electron chi connectivity index (χ1n) is 7.18. The molecule has 3 rings (SSSR count). The van der Waals surface area contributed by atoms with E-state index in [4.69, 9.17) is 4.74 Å². The van der Waals surface area contributed by atoms with E-state index in [-0.39, 0.29) is 11.7 Å². The molecule has 0 saturated carbocycles. The Bertz CT molecular complexity index is 489. The second-order valence-corrected chi connectivity index (χ2v) is 5.34. The molecule has 4 nitrogen and oxygen atoms in total. The minimum absolute atomic E-state index is 0.000142. The summed E-state index contributed by atoms with van der Waals surface area (Å²) in [5.41, 5.74) is 0. The van der Waals surface area contributed by atoms with Gasteiger partial charge in [0, 0.05) is 19.0 Å². The van der Waals surface area contributed by atoms with Crippen LogP contribution >= 0.6 is 0 Å². The molecule has 1 aromatic carbocycles. The largest absolute Gasteiger partial charge is 0.477 e. The van der Waals surface area contributed by atoms with Crippen LogP contribution < -0.4 is 10.1 Å². The van der Waals surface area contributed by atoms with E-state index < -0.39 is 11.9 Å². The Balaban J connectivity index is 1.65. The van der Waals surface area contributed by atoms with Crippen LogP contribution in [0.15, 0.2) is 24.3 Å². The summed E-state index contributed by atoms with van der Waals surface area (Å²) < 4.78 is 19.1. The molecule has 2 aliphatic rings. The molecule has 2 fully saturated rings. The van der Waals surface area contributed by atoms with Crippen molar-refractivity contribution in [2.24, 2.45) is 0 Å². The Kier molecular flexibility index (Phi) is 3.87. The molecule has 20 heavy (non-hydrogen) atoms. The maximum Gasteiger partial charge on any atom is 0.263 e.